The average Bonchev–Trinajstić information content (AvgIpc) is 2.15. The van der Waals surface area contributed by atoms with Crippen molar-refractivity contribution in [3.63, 3.8) is 0 Å². The fourth-order valence-corrected chi connectivity index (χ4v) is 1.61. The van der Waals surface area contributed by atoms with Crippen LogP contribution in [-0.2, 0) is 0 Å². The van der Waals surface area contributed by atoms with Crippen molar-refractivity contribution in [3.8, 4) is 0 Å². The second-order valence-corrected chi connectivity index (χ2v) is 4.23. The van der Waals surface area contributed by atoms with Gasteiger partial charge < -0.3 is 5.73 Å². The van der Waals surface area contributed by atoms with Crippen molar-refractivity contribution in [2.45, 2.75) is 46.5 Å². The Morgan fingerprint density at radius 2 is 2.13 bits per heavy atom. The van der Waals surface area contributed by atoms with E-state index in [1.807, 2.05) is 6.08 Å². The molecular weight excluding hydrogens is 184 g/mol. The van der Waals surface area contributed by atoms with E-state index >= 15 is 0 Å². The van der Waals surface area contributed by atoms with E-state index < -0.39 is 0 Å². The van der Waals surface area contributed by atoms with Crippen molar-refractivity contribution in [1.82, 2.24) is 0 Å². The molecule has 0 radical (unpaired) electrons. The number of nitrogens with zero attached hydrogens (tertiary/aromatic N) is 1. The van der Waals surface area contributed by atoms with Gasteiger partial charge in [0.05, 0.1) is 0 Å². The number of allylic oxidation sites excluding steroid dienone is 2. The van der Waals surface area contributed by atoms with Crippen molar-refractivity contribution in [2.75, 3.05) is 0 Å². The Bertz CT molecular complexity index is 239. The molecule has 1 unspecified atom stereocenters. The molecule has 0 aromatic heterocycles. The van der Waals surface area contributed by atoms with Gasteiger partial charge in [0.25, 0.3) is 0 Å². The quantitative estimate of drug-likeness (QED) is 0.503. The van der Waals surface area contributed by atoms with E-state index in [1.54, 1.807) is 6.20 Å². The smallest absolute Gasteiger partial charge is 0.0499 e. The first-order valence-corrected chi connectivity index (χ1v) is 5.68. The number of hydrogen-bond donors (Lipinski definition) is 1. The fraction of sp³-hybridized carbons (Fsp3) is 0.615. The van der Waals surface area contributed by atoms with Crippen LogP contribution in [0.4, 0.5) is 0 Å². The lowest BCUT2D eigenvalue weighted by atomic mass is 9.97. The van der Waals surface area contributed by atoms with Crippen LogP contribution in [0.25, 0.3) is 0 Å². The summed E-state index contributed by atoms with van der Waals surface area (Å²) in [6.45, 7) is 10.0. The highest BCUT2D eigenvalue weighted by atomic mass is 14.7. The maximum absolute atomic E-state index is 5.70. The predicted molar refractivity (Wildman–Crippen MR) is 68.9 cm³/mol. The van der Waals surface area contributed by atoms with Gasteiger partial charge in [-0.3, -0.25) is 4.99 Å². The minimum atomic E-state index is 0.686. The zero-order valence-electron chi connectivity index (χ0n) is 10.3. The Morgan fingerprint density at radius 3 is 2.67 bits per heavy atom. The first kappa shape index (κ1) is 13.9. The van der Waals surface area contributed by atoms with Crippen LogP contribution in [0.15, 0.2) is 28.5 Å². The molecule has 0 rings (SSSR count). The van der Waals surface area contributed by atoms with Gasteiger partial charge in [-0.25, -0.2) is 0 Å². The van der Waals surface area contributed by atoms with Crippen LogP contribution in [0.1, 0.15) is 46.5 Å². The van der Waals surface area contributed by atoms with E-state index in [1.165, 1.54) is 24.8 Å². The summed E-state index contributed by atoms with van der Waals surface area (Å²) in [6, 6.07) is 0. The molecule has 0 aliphatic heterocycles. The monoisotopic (exact) mass is 208 g/mol. The fourth-order valence-electron chi connectivity index (χ4n) is 1.61. The van der Waals surface area contributed by atoms with Gasteiger partial charge >= 0.3 is 0 Å². The second kappa shape index (κ2) is 8.27. The molecule has 0 aliphatic carbocycles. The first-order chi connectivity index (χ1) is 7.10. The van der Waals surface area contributed by atoms with Crippen LogP contribution in [0.3, 0.4) is 0 Å². The molecule has 15 heavy (non-hydrogen) atoms. The zero-order chi connectivity index (χ0) is 11.7. The third-order valence-electron chi connectivity index (χ3n) is 2.47. The zero-order valence-corrected chi connectivity index (χ0v) is 10.3. The van der Waals surface area contributed by atoms with Gasteiger partial charge in [-0.05, 0) is 38.5 Å². The predicted octanol–water partition coefficient (Wildman–Crippen LogP) is 3.65. The van der Waals surface area contributed by atoms with E-state index in [-0.39, 0.29) is 0 Å². The maximum Gasteiger partial charge on any atom is 0.0499 e. The van der Waals surface area contributed by atoms with Gasteiger partial charge in [-0.15, -0.1) is 0 Å². The topological polar surface area (TPSA) is 38.4 Å². The van der Waals surface area contributed by atoms with Crippen LogP contribution >= 0.6 is 0 Å². The SMILES string of the molecule is C=N/C=C(N)\C=C(\C)CCC(C)CCC. The van der Waals surface area contributed by atoms with Gasteiger partial charge in [0.2, 0.25) is 0 Å². The van der Waals surface area contributed by atoms with Crippen LogP contribution in [0, 0.1) is 5.92 Å². The molecule has 1 atom stereocenters. The highest BCUT2D eigenvalue weighted by molar-refractivity contribution is 5.28. The van der Waals surface area contributed by atoms with E-state index in [2.05, 4.69) is 32.5 Å². The van der Waals surface area contributed by atoms with E-state index in [4.69, 9.17) is 5.73 Å². The Morgan fingerprint density at radius 1 is 1.47 bits per heavy atom. The summed E-state index contributed by atoms with van der Waals surface area (Å²) in [5.41, 5.74) is 7.70. The number of rotatable bonds is 7. The highest BCUT2D eigenvalue weighted by Crippen LogP contribution is 2.16. The molecule has 0 aromatic carbocycles. The third kappa shape index (κ3) is 7.98. The van der Waals surface area contributed by atoms with Crippen molar-refractivity contribution in [1.29, 1.82) is 0 Å². The van der Waals surface area contributed by atoms with Gasteiger partial charge in [-0.1, -0.05) is 32.3 Å². The summed E-state index contributed by atoms with van der Waals surface area (Å²) in [4.78, 5) is 3.63. The minimum absolute atomic E-state index is 0.686. The van der Waals surface area contributed by atoms with Crippen LogP contribution in [0.5, 0.6) is 0 Å². The van der Waals surface area contributed by atoms with Crippen molar-refractivity contribution < 1.29 is 0 Å². The van der Waals surface area contributed by atoms with Crippen molar-refractivity contribution >= 4 is 6.72 Å². The normalized spacial score (nSPS) is 15.1. The lowest BCUT2D eigenvalue weighted by Gasteiger charge is -2.09. The van der Waals surface area contributed by atoms with Crippen molar-refractivity contribution in [3.05, 3.63) is 23.5 Å². The number of hydrogen-bond acceptors (Lipinski definition) is 2. The van der Waals surface area contributed by atoms with Crippen LogP contribution < -0.4 is 5.73 Å². The number of nitrogens with two attached hydrogens (primary N) is 1. The molecule has 0 heterocycles. The van der Waals surface area contributed by atoms with Gasteiger partial charge in [0.15, 0.2) is 0 Å². The van der Waals surface area contributed by atoms with Gasteiger partial charge in [0.1, 0.15) is 0 Å². The molecule has 0 aromatic rings. The molecule has 86 valence electrons. The van der Waals surface area contributed by atoms with Crippen LogP contribution in [0.2, 0.25) is 0 Å². The molecule has 0 fully saturated rings. The highest BCUT2D eigenvalue weighted by Gasteiger charge is 2.00. The molecule has 2 nitrogen and oxygen atoms in total. The average molecular weight is 208 g/mol. The summed E-state index contributed by atoms with van der Waals surface area (Å²) >= 11 is 0. The third-order valence-corrected chi connectivity index (χ3v) is 2.47. The summed E-state index contributed by atoms with van der Waals surface area (Å²) in [5, 5.41) is 0. The molecule has 0 saturated heterocycles. The van der Waals surface area contributed by atoms with Gasteiger partial charge in [-0.2, -0.15) is 0 Å². The summed E-state index contributed by atoms with van der Waals surface area (Å²) in [7, 11) is 0. The van der Waals surface area contributed by atoms with E-state index in [9.17, 15) is 0 Å². The molecular formula is C13H24N2. The van der Waals surface area contributed by atoms with Crippen molar-refractivity contribution in [2.24, 2.45) is 16.6 Å². The standard InChI is InChI=1S/C13H24N2/c1-5-6-11(2)7-8-12(3)9-13(14)10-15-4/h9-11H,4-8,14H2,1-3H3/b12-9-,13-10+. The van der Waals surface area contributed by atoms with Crippen LogP contribution in [-0.4, -0.2) is 6.72 Å². The Hall–Kier alpha value is -1.05. The Labute approximate surface area is 94.0 Å². The lowest BCUT2D eigenvalue weighted by molar-refractivity contribution is 0.485. The molecule has 0 amide bonds. The summed E-state index contributed by atoms with van der Waals surface area (Å²) in [5.74, 6) is 0.807. The minimum Gasteiger partial charge on any atom is -0.397 e. The number of aliphatic imine (C=N–C) groups is 1. The molecule has 0 bridgehead atoms. The lowest BCUT2D eigenvalue weighted by Crippen LogP contribution is -1.96. The van der Waals surface area contributed by atoms with Gasteiger partial charge in [0, 0.05) is 11.9 Å². The molecule has 0 aliphatic rings. The Balaban J connectivity index is 3.97. The second-order valence-electron chi connectivity index (χ2n) is 4.23. The van der Waals surface area contributed by atoms with E-state index in [0.717, 1.165) is 12.3 Å². The molecule has 2 heteroatoms. The first-order valence-electron chi connectivity index (χ1n) is 5.68. The molecule has 2 N–H and O–H groups in total. The molecule has 0 saturated carbocycles. The summed E-state index contributed by atoms with van der Waals surface area (Å²) < 4.78 is 0. The Kier molecular flexibility index (Phi) is 7.69. The largest absolute Gasteiger partial charge is 0.397 e. The molecule has 0 spiro atoms. The van der Waals surface area contributed by atoms with E-state index in [0.29, 0.717) is 5.70 Å². The summed E-state index contributed by atoms with van der Waals surface area (Å²) in [6.07, 6.45) is 8.50. The maximum atomic E-state index is 5.70.